The molecule has 1 N–H and O–H groups in total. The third-order valence-corrected chi connectivity index (χ3v) is 6.24. The number of aryl methyl sites for hydroxylation is 2. The molecule has 1 aliphatic carbocycles. The minimum Gasteiger partial charge on any atom is -0.493 e. The summed E-state index contributed by atoms with van der Waals surface area (Å²) >= 11 is 0. The second-order valence-corrected chi connectivity index (χ2v) is 8.24. The average Bonchev–Trinajstić information content (AvgIpc) is 2.67. The van der Waals surface area contributed by atoms with Gasteiger partial charge in [-0.25, -0.2) is 13.1 Å². The molecule has 3 rings (SSSR count). The van der Waals surface area contributed by atoms with Gasteiger partial charge in [-0.3, -0.25) is 0 Å². The molecular weight excluding hydrogens is 350 g/mol. The van der Waals surface area contributed by atoms with E-state index >= 15 is 0 Å². The molecule has 26 heavy (non-hydrogen) atoms. The third kappa shape index (κ3) is 4.19. The molecule has 0 heterocycles. The van der Waals surface area contributed by atoms with Crippen molar-refractivity contribution in [3.8, 4) is 11.5 Å². The molecule has 0 amide bonds. The zero-order chi connectivity index (χ0) is 18.6. The predicted molar refractivity (Wildman–Crippen MR) is 102 cm³/mol. The first kappa shape index (κ1) is 18.7. The molecule has 0 aromatic heterocycles. The first-order valence-corrected chi connectivity index (χ1v) is 10.3. The van der Waals surface area contributed by atoms with Crippen molar-refractivity contribution in [3.63, 3.8) is 0 Å². The van der Waals surface area contributed by atoms with E-state index in [0.717, 1.165) is 24.8 Å². The Bertz CT molecular complexity index is 877. The highest BCUT2D eigenvalue weighted by molar-refractivity contribution is 7.89. The van der Waals surface area contributed by atoms with E-state index in [9.17, 15) is 8.42 Å². The van der Waals surface area contributed by atoms with Gasteiger partial charge in [0.2, 0.25) is 10.0 Å². The smallest absolute Gasteiger partial charge is 0.240 e. The lowest BCUT2D eigenvalue weighted by Crippen LogP contribution is -2.26. The highest BCUT2D eigenvalue weighted by Gasteiger charge is 2.17. The van der Waals surface area contributed by atoms with Crippen LogP contribution in [-0.2, 0) is 29.3 Å². The van der Waals surface area contributed by atoms with Crippen LogP contribution in [0.5, 0.6) is 11.5 Å². The molecule has 0 spiro atoms. The Labute approximate surface area is 155 Å². The molecule has 5 nitrogen and oxygen atoms in total. The molecule has 140 valence electrons. The second kappa shape index (κ2) is 8.10. The van der Waals surface area contributed by atoms with Crippen LogP contribution in [0.15, 0.2) is 41.3 Å². The van der Waals surface area contributed by atoms with E-state index in [2.05, 4.69) is 4.72 Å². The summed E-state index contributed by atoms with van der Waals surface area (Å²) in [5.41, 5.74) is 3.43. The monoisotopic (exact) mass is 375 g/mol. The molecule has 0 fully saturated rings. The van der Waals surface area contributed by atoms with Gasteiger partial charge in [-0.15, -0.1) is 0 Å². The maximum Gasteiger partial charge on any atom is 0.240 e. The van der Waals surface area contributed by atoms with Crippen LogP contribution >= 0.6 is 0 Å². The molecule has 0 unspecified atom stereocenters. The Morgan fingerprint density at radius 3 is 2.38 bits per heavy atom. The fourth-order valence-electron chi connectivity index (χ4n) is 3.33. The molecule has 2 aromatic carbocycles. The predicted octanol–water partition coefficient (Wildman–Crippen LogP) is 3.10. The van der Waals surface area contributed by atoms with Crippen LogP contribution < -0.4 is 14.2 Å². The molecule has 0 saturated heterocycles. The van der Waals surface area contributed by atoms with Crippen molar-refractivity contribution in [1.29, 1.82) is 0 Å². The average molecular weight is 375 g/mol. The number of sulfonamides is 1. The summed E-state index contributed by atoms with van der Waals surface area (Å²) in [6, 6.07) is 11.1. The van der Waals surface area contributed by atoms with Crippen molar-refractivity contribution >= 4 is 10.0 Å². The van der Waals surface area contributed by atoms with Gasteiger partial charge in [-0.05, 0) is 73.1 Å². The van der Waals surface area contributed by atoms with Gasteiger partial charge in [0.15, 0.2) is 11.5 Å². The maximum absolute atomic E-state index is 12.6. The largest absolute Gasteiger partial charge is 0.493 e. The van der Waals surface area contributed by atoms with Gasteiger partial charge in [0.25, 0.3) is 0 Å². The zero-order valence-corrected chi connectivity index (χ0v) is 16.1. The lowest BCUT2D eigenvalue weighted by atomic mass is 9.92. The van der Waals surface area contributed by atoms with E-state index in [-0.39, 0.29) is 0 Å². The van der Waals surface area contributed by atoms with E-state index in [1.807, 2.05) is 30.3 Å². The quantitative estimate of drug-likeness (QED) is 0.808. The Hall–Kier alpha value is -2.05. The van der Waals surface area contributed by atoms with Crippen LogP contribution in [0, 0.1) is 0 Å². The van der Waals surface area contributed by atoms with Gasteiger partial charge in [0.1, 0.15) is 0 Å². The van der Waals surface area contributed by atoms with Crippen LogP contribution in [0.3, 0.4) is 0 Å². The van der Waals surface area contributed by atoms with Gasteiger partial charge < -0.3 is 9.47 Å². The Morgan fingerprint density at radius 1 is 0.923 bits per heavy atom. The van der Waals surface area contributed by atoms with E-state index in [1.54, 1.807) is 20.3 Å². The standard InChI is InChI=1S/C20H25NO4S/c1-24-19-10-7-15(13-20(19)25-2)11-12-21-26(22,23)18-9-8-16-5-3-4-6-17(16)14-18/h7-10,13-14,21H,3-6,11-12H2,1-2H3. The van der Waals surface area contributed by atoms with Gasteiger partial charge in [0.05, 0.1) is 19.1 Å². The zero-order valence-electron chi connectivity index (χ0n) is 15.2. The summed E-state index contributed by atoms with van der Waals surface area (Å²) in [6.07, 6.45) is 4.89. The van der Waals surface area contributed by atoms with Crippen LogP contribution in [0.2, 0.25) is 0 Å². The second-order valence-electron chi connectivity index (χ2n) is 6.47. The summed E-state index contributed by atoms with van der Waals surface area (Å²) in [6.45, 7) is 0.328. The lowest BCUT2D eigenvalue weighted by molar-refractivity contribution is 0.354. The number of fused-ring (bicyclic) bond motifs is 1. The molecule has 0 saturated carbocycles. The summed E-state index contributed by atoms with van der Waals surface area (Å²) in [5.74, 6) is 1.30. The lowest BCUT2D eigenvalue weighted by Gasteiger charge is -2.17. The first-order chi connectivity index (χ1) is 12.5. The first-order valence-electron chi connectivity index (χ1n) is 8.86. The van der Waals surface area contributed by atoms with E-state index in [4.69, 9.17) is 9.47 Å². The number of ether oxygens (including phenoxy) is 2. The third-order valence-electron chi connectivity index (χ3n) is 4.78. The van der Waals surface area contributed by atoms with Gasteiger partial charge in [0, 0.05) is 6.54 Å². The van der Waals surface area contributed by atoms with Crippen LogP contribution in [-0.4, -0.2) is 29.2 Å². The number of nitrogens with one attached hydrogen (secondary N) is 1. The van der Waals surface area contributed by atoms with Crippen LogP contribution in [0.4, 0.5) is 0 Å². The van der Waals surface area contributed by atoms with Crippen molar-refractivity contribution in [2.45, 2.75) is 37.0 Å². The summed E-state index contributed by atoms with van der Waals surface area (Å²) in [7, 11) is -0.327. The highest BCUT2D eigenvalue weighted by atomic mass is 32.2. The SMILES string of the molecule is COc1ccc(CCNS(=O)(=O)c2ccc3c(c2)CCCC3)cc1OC. The van der Waals surface area contributed by atoms with E-state index in [1.165, 1.54) is 17.5 Å². The minimum absolute atomic E-state index is 0.328. The number of benzene rings is 2. The van der Waals surface area contributed by atoms with E-state index in [0.29, 0.717) is 29.4 Å². The van der Waals surface area contributed by atoms with Crippen LogP contribution in [0.25, 0.3) is 0 Å². The summed E-state index contributed by atoms with van der Waals surface area (Å²) < 4.78 is 38.3. The fourth-order valence-corrected chi connectivity index (χ4v) is 4.41. The van der Waals surface area contributed by atoms with Gasteiger partial charge in [-0.2, -0.15) is 0 Å². The van der Waals surface area contributed by atoms with E-state index < -0.39 is 10.0 Å². The Kier molecular flexibility index (Phi) is 5.84. The van der Waals surface area contributed by atoms with Gasteiger partial charge >= 0.3 is 0 Å². The molecule has 0 radical (unpaired) electrons. The summed E-state index contributed by atoms with van der Waals surface area (Å²) in [4.78, 5) is 0.352. The normalized spacial score (nSPS) is 13.9. The van der Waals surface area contributed by atoms with Crippen molar-refractivity contribution in [3.05, 3.63) is 53.1 Å². The number of methoxy groups -OCH3 is 2. The Balaban J connectivity index is 1.65. The van der Waals surface area contributed by atoms with Crippen molar-refractivity contribution in [2.75, 3.05) is 20.8 Å². The van der Waals surface area contributed by atoms with Crippen molar-refractivity contribution in [2.24, 2.45) is 0 Å². The number of hydrogen-bond acceptors (Lipinski definition) is 4. The van der Waals surface area contributed by atoms with Crippen molar-refractivity contribution in [1.82, 2.24) is 4.72 Å². The van der Waals surface area contributed by atoms with Crippen LogP contribution in [0.1, 0.15) is 29.5 Å². The topological polar surface area (TPSA) is 64.6 Å². The molecule has 0 aliphatic heterocycles. The fraction of sp³-hybridized carbons (Fsp3) is 0.400. The summed E-state index contributed by atoms with van der Waals surface area (Å²) in [5, 5.41) is 0. The molecular formula is C20H25NO4S. The molecule has 2 aromatic rings. The molecule has 0 bridgehead atoms. The Morgan fingerprint density at radius 2 is 1.65 bits per heavy atom. The molecule has 6 heteroatoms. The van der Waals surface area contributed by atoms with Crippen molar-refractivity contribution < 1.29 is 17.9 Å². The highest BCUT2D eigenvalue weighted by Crippen LogP contribution is 2.28. The number of rotatable bonds is 7. The maximum atomic E-state index is 12.6. The minimum atomic E-state index is -3.50. The van der Waals surface area contributed by atoms with Gasteiger partial charge in [-0.1, -0.05) is 12.1 Å². The number of hydrogen-bond donors (Lipinski definition) is 1. The molecule has 1 aliphatic rings. The molecule has 0 atom stereocenters.